The molecule has 0 amide bonds. The molecule has 5 heteroatoms. The van der Waals surface area contributed by atoms with E-state index in [1.54, 1.807) is 18.5 Å². The van der Waals surface area contributed by atoms with Crippen molar-refractivity contribution in [1.29, 1.82) is 0 Å². The molecule has 0 spiro atoms. The first-order valence-electron chi connectivity index (χ1n) is 4.55. The summed E-state index contributed by atoms with van der Waals surface area (Å²) in [6, 6.07) is 3.65. The molecule has 2 aromatic heterocycles. The molecule has 0 atom stereocenters. The van der Waals surface area contributed by atoms with Crippen LogP contribution in [-0.2, 0) is 6.54 Å². The smallest absolute Gasteiger partial charge is 0.167 e. The summed E-state index contributed by atoms with van der Waals surface area (Å²) in [5, 5.41) is 3.74. The predicted octanol–water partition coefficient (Wildman–Crippen LogP) is 1.25. The van der Waals surface area contributed by atoms with E-state index in [-0.39, 0.29) is 0 Å². The van der Waals surface area contributed by atoms with Crippen LogP contribution in [0, 0.1) is 0 Å². The van der Waals surface area contributed by atoms with Crippen molar-refractivity contribution in [3.8, 4) is 11.3 Å². The Kier molecular flexibility index (Phi) is 1.58. The van der Waals surface area contributed by atoms with E-state index >= 15 is 0 Å². The number of pyridine rings is 1. The first kappa shape index (κ1) is 8.16. The van der Waals surface area contributed by atoms with E-state index in [0.29, 0.717) is 12.4 Å². The molecule has 0 saturated carbocycles. The lowest BCUT2D eigenvalue weighted by molar-refractivity contribution is 0.386. The van der Waals surface area contributed by atoms with Gasteiger partial charge in [0.2, 0.25) is 0 Å². The third-order valence-corrected chi connectivity index (χ3v) is 2.31. The highest BCUT2D eigenvalue weighted by molar-refractivity contribution is 5.90. The van der Waals surface area contributed by atoms with Crippen molar-refractivity contribution in [2.45, 2.75) is 6.54 Å². The highest BCUT2D eigenvalue weighted by Crippen LogP contribution is 2.27. The van der Waals surface area contributed by atoms with Gasteiger partial charge in [-0.3, -0.25) is 4.99 Å². The summed E-state index contributed by atoms with van der Waals surface area (Å²) in [5.41, 5.74) is 8.24. The third kappa shape index (κ3) is 1.20. The van der Waals surface area contributed by atoms with Gasteiger partial charge in [-0.15, -0.1) is 0 Å². The van der Waals surface area contributed by atoms with Gasteiger partial charge in [0.05, 0.1) is 17.5 Å². The lowest BCUT2D eigenvalue weighted by Crippen LogP contribution is -1.96. The molecule has 0 bridgehead atoms. The van der Waals surface area contributed by atoms with Gasteiger partial charge in [-0.05, 0) is 12.1 Å². The van der Waals surface area contributed by atoms with Crippen LogP contribution in [0.2, 0.25) is 0 Å². The minimum Gasteiger partial charge on any atom is -0.384 e. The van der Waals surface area contributed by atoms with E-state index in [2.05, 4.69) is 15.1 Å². The summed E-state index contributed by atoms with van der Waals surface area (Å²) >= 11 is 0. The van der Waals surface area contributed by atoms with Crippen molar-refractivity contribution in [1.82, 2.24) is 10.1 Å². The molecule has 3 heterocycles. The predicted molar refractivity (Wildman–Crippen MR) is 55.4 cm³/mol. The zero-order valence-electron chi connectivity index (χ0n) is 7.84. The number of nitrogens with zero attached hydrogens (tertiary/aromatic N) is 3. The number of hydrogen-bond acceptors (Lipinski definition) is 5. The Morgan fingerprint density at radius 3 is 3.20 bits per heavy atom. The maximum absolute atomic E-state index is 5.65. The fourth-order valence-corrected chi connectivity index (χ4v) is 1.60. The molecular weight excluding hydrogens is 192 g/mol. The minimum atomic E-state index is 0.483. The maximum atomic E-state index is 5.65. The Morgan fingerprint density at radius 2 is 2.27 bits per heavy atom. The van der Waals surface area contributed by atoms with Crippen molar-refractivity contribution in [3.63, 3.8) is 0 Å². The number of rotatable bonds is 0. The number of aromatic nitrogens is 2. The number of fused-ring (bicyclic) bond motifs is 3. The number of nitrogen functional groups attached to an aromatic ring is 1. The van der Waals surface area contributed by atoms with Crippen LogP contribution in [0.1, 0.15) is 11.3 Å². The Bertz CT molecular complexity index is 544. The monoisotopic (exact) mass is 200 g/mol. The second-order valence-electron chi connectivity index (χ2n) is 3.31. The van der Waals surface area contributed by atoms with E-state index in [1.807, 2.05) is 6.07 Å². The number of nitrogens with two attached hydrogens (primary N) is 1. The van der Waals surface area contributed by atoms with Crippen molar-refractivity contribution in [2.24, 2.45) is 4.99 Å². The Morgan fingerprint density at radius 1 is 1.33 bits per heavy atom. The van der Waals surface area contributed by atoms with Gasteiger partial charge < -0.3 is 10.3 Å². The molecule has 5 nitrogen and oxygen atoms in total. The first-order valence-corrected chi connectivity index (χ1v) is 4.55. The summed E-state index contributed by atoms with van der Waals surface area (Å²) in [7, 11) is 0. The Balaban J connectivity index is 2.33. The van der Waals surface area contributed by atoms with Crippen LogP contribution in [0.4, 0.5) is 5.82 Å². The molecule has 0 aromatic carbocycles. The molecule has 3 rings (SSSR count). The van der Waals surface area contributed by atoms with Gasteiger partial charge in [-0.25, -0.2) is 4.98 Å². The molecule has 1 aliphatic rings. The minimum absolute atomic E-state index is 0.483. The second-order valence-corrected chi connectivity index (χ2v) is 3.31. The van der Waals surface area contributed by atoms with E-state index in [0.717, 1.165) is 22.6 Å². The molecule has 2 aromatic rings. The summed E-state index contributed by atoms with van der Waals surface area (Å²) in [6.07, 6.45) is 3.42. The topological polar surface area (TPSA) is 77.3 Å². The summed E-state index contributed by atoms with van der Waals surface area (Å²) in [4.78, 5) is 8.49. The van der Waals surface area contributed by atoms with Crippen molar-refractivity contribution >= 4 is 12.0 Å². The quantitative estimate of drug-likeness (QED) is 0.694. The van der Waals surface area contributed by atoms with Gasteiger partial charge in [0, 0.05) is 11.8 Å². The van der Waals surface area contributed by atoms with Gasteiger partial charge in [0.15, 0.2) is 5.76 Å². The van der Waals surface area contributed by atoms with Gasteiger partial charge in [-0.1, -0.05) is 5.16 Å². The SMILES string of the molecule is Nc1ccc2c(n1)-c1cnoc1CN=C2. The lowest BCUT2D eigenvalue weighted by Gasteiger charge is -2.01. The fraction of sp³-hybridized carbons (Fsp3) is 0.100. The van der Waals surface area contributed by atoms with Crippen LogP contribution < -0.4 is 5.73 Å². The van der Waals surface area contributed by atoms with Crippen molar-refractivity contribution in [2.75, 3.05) is 5.73 Å². The van der Waals surface area contributed by atoms with E-state index in [1.165, 1.54) is 0 Å². The lowest BCUT2D eigenvalue weighted by atomic mass is 10.1. The van der Waals surface area contributed by atoms with Crippen LogP contribution in [0.25, 0.3) is 11.3 Å². The zero-order chi connectivity index (χ0) is 10.3. The average Bonchev–Trinajstić information content (AvgIpc) is 2.62. The molecule has 0 saturated heterocycles. The molecule has 74 valence electrons. The van der Waals surface area contributed by atoms with Crippen LogP contribution in [0.3, 0.4) is 0 Å². The van der Waals surface area contributed by atoms with E-state index < -0.39 is 0 Å². The summed E-state index contributed by atoms with van der Waals surface area (Å²) in [5.74, 6) is 1.21. The molecule has 0 aliphatic carbocycles. The van der Waals surface area contributed by atoms with Crippen LogP contribution in [0.5, 0.6) is 0 Å². The molecule has 0 fully saturated rings. The molecular formula is C10H8N4O. The number of hydrogen-bond donors (Lipinski definition) is 1. The highest BCUT2D eigenvalue weighted by Gasteiger charge is 2.17. The standard InChI is InChI=1S/C10H8N4O/c11-9-2-1-6-3-12-5-8-7(4-13-15-8)10(6)14-9/h1-4H,5H2,(H2,11,14). The van der Waals surface area contributed by atoms with Gasteiger partial charge in [0.1, 0.15) is 12.4 Å². The van der Waals surface area contributed by atoms with Gasteiger partial charge in [0.25, 0.3) is 0 Å². The van der Waals surface area contributed by atoms with Crippen LogP contribution >= 0.6 is 0 Å². The van der Waals surface area contributed by atoms with Crippen molar-refractivity contribution < 1.29 is 4.52 Å². The first-order chi connectivity index (χ1) is 7.34. The third-order valence-electron chi connectivity index (χ3n) is 2.31. The molecule has 2 N–H and O–H groups in total. The average molecular weight is 200 g/mol. The van der Waals surface area contributed by atoms with Crippen molar-refractivity contribution in [3.05, 3.63) is 29.7 Å². The molecule has 0 unspecified atom stereocenters. The fourth-order valence-electron chi connectivity index (χ4n) is 1.60. The molecule has 0 radical (unpaired) electrons. The summed E-state index contributed by atoms with van der Waals surface area (Å²) in [6.45, 7) is 0.492. The molecule has 1 aliphatic heterocycles. The van der Waals surface area contributed by atoms with Gasteiger partial charge >= 0.3 is 0 Å². The Hall–Kier alpha value is -2.17. The van der Waals surface area contributed by atoms with E-state index in [9.17, 15) is 0 Å². The molecule has 15 heavy (non-hydrogen) atoms. The Labute approximate surface area is 85.6 Å². The number of anilines is 1. The van der Waals surface area contributed by atoms with Gasteiger partial charge in [-0.2, -0.15) is 0 Å². The normalized spacial score (nSPS) is 13.1. The second kappa shape index (κ2) is 2.91. The van der Waals surface area contributed by atoms with Crippen LogP contribution in [-0.4, -0.2) is 16.4 Å². The maximum Gasteiger partial charge on any atom is 0.167 e. The zero-order valence-corrected chi connectivity index (χ0v) is 7.84. The van der Waals surface area contributed by atoms with E-state index in [4.69, 9.17) is 10.3 Å². The highest BCUT2D eigenvalue weighted by atomic mass is 16.5. The largest absolute Gasteiger partial charge is 0.384 e. The number of aliphatic imine (C=N–C) groups is 1. The summed E-state index contributed by atoms with van der Waals surface area (Å²) < 4.78 is 5.09. The van der Waals surface area contributed by atoms with Crippen LogP contribution in [0.15, 0.2) is 27.8 Å².